The average Bonchev–Trinajstić information content (AvgIpc) is 2.65. The Labute approximate surface area is 162 Å². The van der Waals surface area contributed by atoms with Crippen LogP contribution in [0.15, 0.2) is 29.2 Å². The SMILES string of the molecule is CCN1CCN(S(=O)(=O)c2cccc(NC(=O)CCOCC(C)C)c2)CC1. The molecule has 1 fully saturated rings. The van der Waals surface area contributed by atoms with E-state index in [1.54, 1.807) is 18.2 Å². The van der Waals surface area contributed by atoms with Gasteiger partial charge in [-0.15, -0.1) is 0 Å². The molecule has 27 heavy (non-hydrogen) atoms. The number of carbonyl (C=O) groups is 1. The van der Waals surface area contributed by atoms with Gasteiger partial charge in [-0.25, -0.2) is 8.42 Å². The monoisotopic (exact) mass is 397 g/mol. The van der Waals surface area contributed by atoms with Gasteiger partial charge in [-0.2, -0.15) is 4.31 Å². The Morgan fingerprint density at radius 2 is 1.93 bits per heavy atom. The minimum absolute atomic E-state index is 0.190. The second-order valence-corrected chi connectivity index (χ2v) is 9.07. The third-order valence-corrected chi connectivity index (χ3v) is 6.35. The third-order valence-electron chi connectivity index (χ3n) is 4.46. The molecule has 0 bridgehead atoms. The fraction of sp³-hybridized carbons (Fsp3) is 0.632. The van der Waals surface area contributed by atoms with Gasteiger partial charge in [0.25, 0.3) is 0 Å². The Morgan fingerprint density at radius 3 is 2.56 bits per heavy atom. The summed E-state index contributed by atoms with van der Waals surface area (Å²) >= 11 is 0. The predicted octanol–water partition coefficient (Wildman–Crippen LogP) is 2.01. The van der Waals surface area contributed by atoms with E-state index in [2.05, 4.69) is 17.1 Å². The van der Waals surface area contributed by atoms with Crippen molar-refractivity contribution in [2.24, 2.45) is 5.92 Å². The van der Waals surface area contributed by atoms with Crippen LogP contribution in [-0.2, 0) is 19.6 Å². The van der Waals surface area contributed by atoms with Gasteiger partial charge in [0, 0.05) is 38.5 Å². The van der Waals surface area contributed by atoms with Crippen LogP contribution >= 0.6 is 0 Å². The number of hydrogen-bond donors (Lipinski definition) is 1. The fourth-order valence-electron chi connectivity index (χ4n) is 2.88. The molecule has 0 aliphatic carbocycles. The van der Waals surface area contributed by atoms with Crippen molar-refractivity contribution in [3.05, 3.63) is 24.3 Å². The van der Waals surface area contributed by atoms with Crippen LogP contribution in [-0.4, -0.2) is 69.5 Å². The number of amides is 1. The average molecular weight is 398 g/mol. The van der Waals surface area contributed by atoms with Gasteiger partial charge in [0.2, 0.25) is 15.9 Å². The van der Waals surface area contributed by atoms with Gasteiger partial charge in [-0.3, -0.25) is 4.79 Å². The second-order valence-electron chi connectivity index (χ2n) is 7.13. The zero-order valence-electron chi connectivity index (χ0n) is 16.5. The van der Waals surface area contributed by atoms with Crippen LogP contribution in [0, 0.1) is 5.92 Å². The number of carbonyl (C=O) groups excluding carboxylic acids is 1. The first-order valence-corrected chi connectivity index (χ1v) is 11.0. The van der Waals surface area contributed by atoms with Crippen molar-refractivity contribution >= 4 is 21.6 Å². The summed E-state index contributed by atoms with van der Waals surface area (Å²) in [7, 11) is -3.55. The smallest absolute Gasteiger partial charge is 0.243 e. The number of likely N-dealkylation sites (N-methyl/N-ethyl adjacent to an activating group) is 1. The number of benzene rings is 1. The molecule has 0 unspecified atom stereocenters. The summed E-state index contributed by atoms with van der Waals surface area (Å²) in [6.07, 6.45) is 0.239. The van der Waals surface area contributed by atoms with Crippen LogP contribution in [0.3, 0.4) is 0 Å². The van der Waals surface area contributed by atoms with Gasteiger partial charge in [0.05, 0.1) is 17.9 Å². The number of piperazine rings is 1. The first kappa shape index (κ1) is 21.8. The first-order valence-electron chi connectivity index (χ1n) is 9.53. The van der Waals surface area contributed by atoms with E-state index >= 15 is 0 Å². The van der Waals surface area contributed by atoms with E-state index in [0.29, 0.717) is 37.9 Å². The Hall–Kier alpha value is -1.48. The summed E-state index contributed by atoms with van der Waals surface area (Å²) in [5.41, 5.74) is 0.483. The molecule has 1 saturated heterocycles. The van der Waals surface area contributed by atoms with Crippen LogP contribution in [0.5, 0.6) is 0 Å². The lowest BCUT2D eigenvalue weighted by Crippen LogP contribution is -2.48. The van der Waals surface area contributed by atoms with E-state index in [1.165, 1.54) is 10.4 Å². The van der Waals surface area contributed by atoms with Crippen molar-refractivity contribution in [1.82, 2.24) is 9.21 Å². The largest absolute Gasteiger partial charge is 0.381 e. The van der Waals surface area contributed by atoms with Crippen molar-refractivity contribution < 1.29 is 17.9 Å². The standard InChI is InChI=1S/C19H31N3O4S/c1-4-21-9-11-22(12-10-21)27(24,25)18-7-5-6-17(14-18)20-19(23)8-13-26-15-16(2)3/h5-7,14,16H,4,8-13,15H2,1-3H3,(H,20,23). The maximum absolute atomic E-state index is 12.9. The molecule has 1 amide bonds. The summed E-state index contributed by atoms with van der Waals surface area (Å²) in [6.45, 7) is 10.5. The van der Waals surface area contributed by atoms with Crippen molar-refractivity contribution in [3.8, 4) is 0 Å². The number of anilines is 1. The van der Waals surface area contributed by atoms with Crippen molar-refractivity contribution in [1.29, 1.82) is 0 Å². The summed E-state index contributed by atoms with van der Waals surface area (Å²) in [5, 5.41) is 2.75. The number of nitrogens with zero attached hydrogens (tertiary/aromatic N) is 2. The molecule has 8 heteroatoms. The summed E-state index contributed by atoms with van der Waals surface area (Å²) in [4.78, 5) is 14.5. The van der Waals surface area contributed by atoms with Crippen LogP contribution in [0.1, 0.15) is 27.2 Å². The molecule has 1 heterocycles. The summed E-state index contributed by atoms with van der Waals surface area (Å²) in [6, 6.07) is 6.44. The highest BCUT2D eigenvalue weighted by Crippen LogP contribution is 2.21. The number of ether oxygens (including phenoxy) is 1. The lowest BCUT2D eigenvalue weighted by molar-refractivity contribution is -0.117. The van der Waals surface area contributed by atoms with Gasteiger partial charge >= 0.3 is 0 Å². The number of sulfonamides is 1. The van der Waals surface area contributed by atoms with Gasteiger partial charge < -0.3 is 15.0 Å². The highest BCUT2D eigenvalue weighted by molar-refractivity contribution is 7.89. The van der Waals surface area contributed by atoms with E-state index in [0.717, 1.165) is 19.6 Å². The third kappa shape index (κ3) is 6.57. The highest BCUT2D eigenvalue weighted by atomic mass is 32.2. The van der Waals surface area contributed by atoms with Gasteiger partial charge in [-0.05, 0) is 30.7 Å². The van der Waals surface area contributed by atoms with E-state index in [9.17, 15) is 13.2 Å². The molecule has 1 aliphatic rings. The van der Waals surface area contributed by atoms with E-state index in [1.807, 2.05) is 13.8 Å². The molecule has 1 aliphatic heterocycles. The molecular weight excluding hydrogens is 366 g/mol. The Kier molecular flexibility index (Phi) is 8.22. The summed E-state index contributed by atoms with van der Waals surface area (Å²) < 4.78 is 32.7. The molecule has 1 aromatic carbocycles. The maximum Gasteiger partial charge on any atom is 0.243 e. The molecule has 0 radical (unpaired) electrons. The van der Waals surface area contributed by atoms with Gasteiger partial charge in [-0.1, -0.05) is 26.8 Å². The molecule has 7 nitrogen and oxygen atoms in total. The fourth-order valence-corrected chi connectivity index (χ4v) is 4.35. The van der Waals surface area contributed by atoms with Crippen LogP contribution in [0.2, 0.25) is 0 Å². The van der Waals surface area contributed by atoms with E-state index < -0.39 is 10.0 Å². The maximum atomic E-state index is 12.9. The zero-order chi connectivity index (χ0) is 19.9. The molecule has 1 N–H and O–H groups in total. The Balaban J connectivity index is 1.95. The number of rotatable bonds is 9. The normalized spacial score (nSPS) is 16.6. The van der Waals surface area contributed by atoms with E-state index in [4.69, 9.17) is 4.74 Å². The minimum Gasteiger partial charge on any atom is -0.381 e. The molecule has 0 spiro atoms. The Bertz CT molecular complexity index is 713. The molecule has 1 aromatic rings. The van der Waals surface area contributed by atoms with Crippen LogP contribution in [0.25, 0.3) is 0 Å². The van der Waals surface area contributed by atoms with Crippen LogP contribution in [0.4, 0.5) is 5.69 Å². The highest BCUT2D eigenvalue weighted by Gasteiger charge is 2.28. The lowest BCUT2D eigenvalue weighted by Gasteiger charge is -2.33. The van der Waals surface area contributed by atoms with Gasteiger partial charge in [0.15, 0.2) is 0 Å². The molecule has 2 rings (SSSR count). The minimum atomic E-state index is -3.55. The topological polar surface area (TPSA) is 79.0 Å². The number of nitrogens with one attached hydrogen (secondary N) is 1. The quantitative estimate of drug-likeness (QED) is 0.645. The van der Waals surface area contributed by atoms with Crippen molar-refractivity contribution in [2.45, 2.75) is 32.1 Å². The summed E-state index contributed by atoms with van der Waals surface area (Å²) in [5.74, 6) is 0.235. The van der Waals surface area contributed by atoms with E-state index in [-0.39, 0.29) is 17.2 Å². The second kappa shape index (κ2) is 10.2. The predicted molar refractivity (Wildman–Crippen MR) is 106 cm³/mol. The van der Waals surface area contributed by atoms with Crippen molar-refractivity contribution in [3.63, 3.8) is 0 Å². The molecule has 0 aromatic heterocycles. The Morgan fingerprint density at radius 1 is 1.22 bits per heavy atom. The molecule has 152 valence electrons. The molecular formula is C19H31N3O4S. The van der Waals surface area contributed by atoms with Crippen molar-refractivity contribution in [2.75, 3.05) is 51.3 Å². The van der Waals surface area contributed by atoms with Crippen LogP contribution < -0.4 is 5.32 Å². The molecule has 0 saturated carbocycles. The molecule has 0 atom stereocenters. The zero-order valence-corrected chi connectivity index (χ0v) is 17.3. The number of hydrogen-bond acceptors (Lipinski definition) is 5. The first-order chi connectivity index (χ1) is 12.8. The van der Waals surface area contributed by atoms with Gasteiger partial charge in [0.1, 0.15) is 0 Å². The lowest BCUT2D eigenvalue weighted by atomic mass is 10.2.